The van der Waals surface area contributed by atoms with Gasteiger partial charge in [-0.25, -0.2) is 0 Å². The van der Waals surface area contributed by atoms with Gasteiger partial charge in [0.1, 0.15) is 11.9 Å². The van der Waals surface area contributed by atoms with Gasteiger partial charge in [0.25, 0.3) is 0 Å². The van der Waals surface area contributed by atoms with Crippen molar-refractivity contribution in [2.24, 2.45) is 5.92 Å². The lowest BCUT2D eigenvalue weighted by Crippen LogP contribution is -2.43. The van der Waals surface area contributed by atoms with Crippen LogP contribution in [0, 0.1) is 19.8 Å². The molecule has 1 N–H and O–H groups in total. The maximum absolute atomic E-state index is 9.98. The van der Waals surface area contributed by atoms with E-state index in [1.54, 1.807) is 0 Å². The smallest absolute Gasteiger partial charge is 0.125 e. The van der Waals surface area contributed by atoms with E-state index in [0.29, 0.717) is 12.0 Å². The van der Waals surface area contributed by atoms with Crippen molar-refractivity contribution >= 4 is 0 Å². The highest BCUT2D eigenvalue weighted by Gasteiger charge is 2.23. The zero-order chi connectivity index (χ0) is 15.4. The number of hydrogen-bond acceptors (Lipinski definition) is 3. The van der Waals surface area contributed by atoms with E-state index < -0.39 is 0 Å². The van der Waals surface area contributed by atoms with Crippen LogP contribution in [0.3, 0.4) is 0 Å². The first kappa shape index (κ1) is 16.3. The van der Waals surface area contributed by atoms with E-state index in [9.17, 15) is 5.11 Å². The van der Waals surface area contributed by atoms with Crippen molar-refractivity contribution in [2.45, 2.75) is 52.7 Å². The van der Waals surface area contributed by atoms with Gasteiger partial charge in [0.15, 0.2) is 0 Å². The second kappa shape index (κ2) is 7.28. The van der Waals surface area contributed by atoms with E-state index in [0.717, 1.165) is 38.2 Å². The van der Waals surface area contributed by atoms with Gasteiger partial charge in [-0.2, -0.15) is 0 Å². The van der Waals surface area contributed by atoms with Crippen molar-refractivity contribution < 1.29 is 9.84 Å². The fraction of sp³-hybridized carbons (Fsp3) is 0.667. The Morgan fingerprint density at radius 3 is 2.29 bits per heavy atom. The molecule has 1 atom stereocenters. The van der Waals surface area contributed by atoms with Crippen molar-refractivity contribution in [3.8, 4) is 5.75 Å². The molecule has 1 fully saturated rings. The lowest BCUT2D eigenvalue weighted by molar-refractivity contribution is 0.0426. The van der Waals surface area contributed by atoms with Gasteiger partial charge < -0.3 is 14.7 Å². The molecule has 1 aromatic rings. The molecule has 2 rings (SSSR count). The lowest BCUT2D eigenvalue weighted by atomic mass is 10.0. The molecule has 1 saturated heterocycles. The molecule has 0 radical (unpaired) electrons. The van der Waals surface area contributed by atoms with E-state index >= 15 is 0 Å². The molecule has 3 heteroatoms. The van der Waals surface area contributed by atoms with Crippen molar-refractivity contribution in [1.82, 2.24) is 4.90 Å². The molecule has 118 valence electrons. The summed E-state index contributed by atoms with van der Waals surface area (Å²) in [5.41, 5.74) is 2.43. The van der Waals surface area contributed by atoms with Crippen LogP contribution in [-0.2, 0) is 0 Å². The van der Waals surface area contributed by atoms with Crippen LogP contribution >= 0.6 is 0 Å². The van der Waals surface area contributed by atoms with Gasteiger partial charge in [0, 0.05) is 19.6 Å². The number of aliphatic hydroxyl groups is 1. The fourth-order valence-corrected chi connectivity index (χ4v) is 2.84. The Bertz CT molecular complexity index is 430. The third kappa shape index (κ3) is 4.45. The third-order valence-corrected chi connectivity index (χ3v) is 4.44. The average Bonchev–Trinajstić information content (AvgIpc) is 2.44. The minimum atomic E-state index is -0.221. The van der Waals surface area contributed by atoms with E-state index in [2.05, 4.69) is 50.8 Å². The number of β-amino-alcohol motifs (C(OH)–C–C–N with tert-alkyl or cyclic N) is 1. The molecule has 0 bridgehead atoms. The fourth-order valence-electron chi connectivity index (χ4n) is 2.84. The third-order valence-electron chi connectivity index (χ3n) is 4.44. The van der Waals surface area contributed by atoms with Crippen LogP contribution in [0.15, 0.2) is 18.2 Å². The minimum absolute atomic E-state index is 0.221. The maximum atomic E-state index is 9.98. The van der Waals surface area contributed by atoms with Crippen LogP contribution in [0.1, 0.15) is 37.8 Å². The molecule has 0 spiro atoms. The SMILES string of the molecule is Cc1cccc(C)c1OC1CCN(CC(O)C(C)C)CC1. The quantitative estimate of drug-likeness (QED) is 0.904. The zero-order valence-electron chi connectivity index (χ0n) is 13.8. The largest absolute Gasteiger partial charge is 0.490 e. The molecule has 1 aromatic carbocycles. The van der Waals surface area contributed by atoms with Gasteiger partial charge in [-0.15, -0.1) is 0 Å². The first-order chi connectivity index (χ1) is 9.97. The minimum Gasteiger partial charge on any atom is -0.490 e. The Balaban J connectivity index is 1.84. The van der Waals surface area contributed by atoms with E-state index in [1.165, 1.54) is 11.1 Å². The summed E-state index contributed by atoms with van der Waals surface area (Å²) < 4.78 is 6.23. The van der Waals surface area contributed by atoms with Crippen molar-refractivity contribution in [2.75, 3.05) is 19.6 Å². The van der Waals surface area contributed by atoms with Crippen LogP contribution in [0.25, 0.3) is 0 Å². The summed E-state index contributed by atoms with van der Waals surface area (Å²) >= 11 is 0. The van der Waals surface area contributed by atoms with Crippen LogP contribution < -0.4 is 4.74 Å². The van der Waals surface area contributed by atoms with Gasteiger partial charge in [-0.3, -0.25) is 0 Å². The molecular formula is C18H29NO2. The van der Waals surface area contributed by atoms with Crippen LogP contribution in [0.5, 0.6) is 5.75 Å². The van der Waals surface area contributed by atoms with Crippen molar-refractivity contribution in [1.29, 1.82) is 0 Å². The van der Waals surface area contributed by atoms with Crippen LogP contribution in [0.2, 0.25) is 0 Å². The van der Waals surface area contributed by atoms with Gasteiger partial charge in [-0.05, 0) is 43.7 Å². The highest BCUT2D eigenvalue weighted by molar-refractivity contribution is 5.39. The molecule has 0 saturated carbocycles. The van der Waals surface area contributed by atoms with Gasteiger partial charge in [0.05, 0.1) is 6.10 Å². The summed E-state index contributed by atoms with van der Waals surface area (Å²) in [5.74, 6) is 1.38. The van der Waals surface area contributed by atoms with Crippen LogP contribution in [-0.4, -0.2) is 41.8 Å². The van der Waals surface area contributed by atoms with E-state index in [4.69, 9.17) is 4.74 Å². The summed E-state index contributed by atoms with van der Waals surface area (Å²) in [6.07, 6.45) is 2.16. The van der Waals surface area contributed by atoms with Crippen molar-refractivity contribution in [3.05, 3.63) is 29.3 Å². The standard InChI is InChI=1S/C18H29NO2/c1-13(2)17(20)12-19-10-8-16(9-11-19)21-18-14(3)6-5-7-15(18)4/h5-7,13,16-17,20H,8-12H2,1-4H3. The Hall–Kier alpha value is -1.06. The van der Waals surface area contributed by atoms with Gasteiger partial charge >= 0.3 is 0 Å². The molecule has 1 heterocycles. The lowest BCUT2D eigenvalue weighted by Gasteiger charge is -2.34. The molecule has 1 aliphatic rings. The number of para-hydroxylation sites is 1. The molecule has 1 aliphatic heterocycles. The Labute approximate surface area is 128 Å². The molecule has 0 aliphatic carbocycles. The van der Waals surface area contributed by atoms with E-state index in [-0.39, 0.29) is 6.10 Å². The Kier molecular flexibility index (Phi) is 5.65. The normalized spacial score (nSPS) is 19.0. The molecule has 0 aromatic heterocycles. The number of ether oxygens (including phenoxy) is 1. The summed E-state index contributed by atoms with van der Waals surface area (Å²) in [7, 11) is 0. The van der Waals surface area contributed by atoms with Gasteiger partial charge in [-0.1, -0.05) is 32.0 Å². The molecule has 21 heavy (non-hydrogen) atoms. The predicted octanol–water partition coefficient (Wildman–Crippen LogP) is 3.16. The first-order valence-electron chi connectivity index (χ1n) is 8.10. The summed E-state index contributed by atoms with van der Waals surface area (Å²) in [6, 6.07) is 6.29. The van der Waals surface area contributed by atoms with Crippen LogP contribution in [0.4, 0.5) is 0 Å². The molecule has 1 unspecified atom stereocenters. The van der Waals surface area contributed by atoms with Gasteiger partial charge in [0.2, 0.25) is 0 Å². The Morgan fingerprint density at radius 1 is 1.19 bits per heavy atom. The number of aliphatic hydroxyl groups excluding tert-OH is 1. The summed E-state index contributed by atoms with van der Waals surface area (Å²) in [5, 5.41) is 9.98. The highest BCUT2D eigenvalue weighted by atomic mass is 16.5. The average molecular weight is 291 g/mol. The topological polar surface area (TPSA) is 32.7 Å². The maximum Gasteiger partial charge on any atom is 0.125 e. The monoisotopic (exact) mass is 291 g/mol. The number of piperidine rings is 1. The second-order valence-corrected chi connectivity index (χ2v) is 6.65. The predicted molar refractivity (Wildman–Crippen MR) is 86.9 cm³/mol. The first-order valence-corrected chi connectivity index (χ1v) is 8.10. The number of hydrogen-bond donors (Lipinski definition) is 1. The number of benzene rings is 1. The molecule has 0 amide bonds. The van der Waals surface area contributed by atoms with Crippen molar-refractivity contribution in [3.63, 3.8) is 0 Å². The number of nitrogens with zero attached hydrogens (tertiary/aromatic N) is 1. The highest BCUT2D eigenvalue weighted by Crippen LogP contribution is 2.26. The molecular weight excluding hydrogens is 262 g/mol. The number of likely N-dealkylation sites (tertiary alicyclic amines) is 1. The van der Waals surface area contributed by atoms with E-state index in [1.807, 2.05) is 0 Å². The molecule has 3 nitrogen and oxygen atoms in total. The zero-order valence-corrected chi connectivity index (χ0v) is 13.8. The Morgan fingerprint density at radius 2 is 1.76 bits per heavy atom. The second-order valence-electron chi connectivity index (χ2n) is 6.65. The number of aryl methyl sites for hydroxylation is 2. The summed E-state index contributed by atoms with van der Waals surface area (Å²) in [6.45, 7) is 11.2. The number of rotatable bonds is 5. The summed E-state index contributed by atoms with van der Waals surface area (Å²) in [4.78, 5) is 2.36.